The molecule has 2 aromatic carbocycles. The van der Waals surface area contributed by atoms with Crippen molar-refractivity contribution >= 4 is 17.5 Å². The molecule has 29 heavy (non-hydrogen) atoms. The molecule has 0 aliphatic carbocycles. The molecule has 0 unspecified atom stereocenters. The lowest BCUT2D eigenvalue weighted by atomic mass is 10.1. The number of aryl methyl sites for hydroxylation is 3. The van der Waals surface area contributed by atoms with Gasteiger partial charge in [-0.05, 0) is 55.7 Å². The van der Waals surface area contributed by atoms with Crippen molar-refractivity contribution in [3.63, 3.8) is 0 Å². The van der Waals surface area contributed by atoms with Gasteiger partial charge in [0.15, 0.2) is 0 Å². The monoisotopic (exact) mass is 392 g/mol. The first-order valence-corrected chi connectivity index (χ1v) is 9.81. The van der Waals surface area contributed by atoms with Crippen molar-refractivity contribution in [1.29, 1.82) is 0 Å². The van der Waals surface area contributed by atoms with Gasteiger partial charge in [-0.3, -0.25) is 0 Å². The second kappa shape index (κ2) is 9.78. The van der Waals surface area contributed by atoms with E-state index in [9.17, 15) is 0 Å². The number of aromatic nitrogens is 2. The standard InChI is InChI=1S/C23H28N4O2/c1-5-18-8-6-7-16(2)22(18)27-23-25-17(3)15-21(26-23)24-13-14-29-20-11-9-19(28-4)10-12-20/h6-12,15H,5,13-14H2,1-4H3,(H2,24,25,26,27). The topological polar surface area (TPSA) is 68.3 Å². The molecule has 0 amide bonds. The van der Waals surface area contributed by atoms with E-state index < -0.39 is 0 Å². The summed E-state index contributed by atoms with van der Waals surface area (Å²) in [4.78, 5) is 9.14. The molecule has 6 nitrogen and oxygen atoms in total. The van der Waals surface area contributed by atoms with Gasteiger partial charge in [-0.15, -0.1) is 0 Å². The summed E-state index contributed by atoms with van der Waals surface area (Å²) in [5.41, 5.74) is 4.40. The molecule has 0 saturated heterocycles. The third kappa shape index (κ3) is 5.60. The third-order valence-electron chi connectivity index (χ3n) is 4.57. The van der Waals surface area contributed by atoms with Gasteiger partial charge in [0.25, 0.3) is 0 Å². The molecule has 3 aromatic rings. The maximum Gasteiger partial charge on any atom is 0.229 e. The second-order valence-electron chi connectivity index (χ2n) is 6.76. The Hall–Kier alpha value is -3.28. The van der Waals surface area contributed by atoms with Crippen molar-refractivity contribution in [2.24, 2.45) is 0 Å². The SMILES string of the molecule is CCc1cccc(C)c1Nc1nc(C)cc(NCCOc2ccc(OC)cc2)n1. The molecule has 2 N–H and O–H groups in total. The van der Waals surface area contributed by atoms with E-state index in [2.05, 4.69) is 52.6 Å². The molecule has 0 spiro atoms. The van der Waals surface area contributed by atoms with Gasteiger partial charge in [-0.25, -0.2) is 4.98 Å². The highest BCUT2D eigenvalue weighted by Crippen LogP contribution is 2.24. The first kappa shape index (κ1) is 20.5. The molecule has 3 rings (SSSR count). The second-order valence-corrected chi connectivity index (χ2v) is 6.76. The lowest BCUT2D eigenvalue weighted by Crippen LogP contribution is -2.13. The summed E-state index contributed by atoms with van der Waals surface area (Å²) in [7, 11) is 1.65. The Labute approximate surface area is 172 Å². The Bertz CT molecular complexity index is 942. The Morgan fingerprint density at radius 1 is 0.966 bits per heavy atom. The van der Waals surface area contributed by atoms with Gasteiger partial charge in [-0.1, -0.05) is 25.1 Å². The number of nitrogens with one attached hydrogen (secondary N) is 2. The number of anilines is 3. The van der Waals surface area contributed by atoms with Crippen LogP contribution in [-0.4, -0.2) is 30.2 Å². The van der Waals surface area contributed by atoms with Crippen molar-refractivity contribution in [3.8, 4) is 11.5 Å². The zero-order chi connectivity index (χ0) is 20.6. The van der Waals surface area contributed by atoms with Gasteiger partial charge in [-0.2, -0.15) is 4.98 Å². The summed E-state index contributed by atoms with van der Waals surface area (Å²) in [6.07, 6.45) is 0.948. The summed E-state index contributed by atoms with van der Waals surface area (Å²) in [5.74, 6) is 2.98. The van der Waals surface area contributed by atoms with E-state index in [4.69, 9.17) is 9.47 Å². The van der Waals surface area contributed by atoms with E-state index in [0.717, 1.165) is 35.1 Å². The lowest BCUT2D eigenvalue weighted by molar-refractivity contribution is 0.331. The average Bonchev–Trinajstić information content (AvgIpc) is 2.73. The highest BCUT2D eigenvalue weighted by atomic mass is 16.5. The predicted octanol–water partition coefficient (Wildman–Crippen LogP) is 4.90. The molecule has 152 valence electrons. The van der Waals surface area contributed by atoms with Crippen LogP contribution < -0.4 is 20.1 Å². The fourth-order valence-corrected chi connectivity index (χ4v) is 3.05. The highest BCUT2D eigenvalue weighted by molar-refractivity contribution is 5.64. The first-order valence-electron chi connectivity index (χ1n) is 9.81. The number of benzene rings is 2. The molecule has 1 heterocycles. The van der Waals surface area contributed by atoms with E-state index in [1.165, 1.54) is 11.1 Å². The lowest BCUT2D eigenvalue weighted by Gasteiger charge is -2.14. The van der Waals surface area contributed by atoms with Crippen LogP contribution in [0.3, 0.4) is 0 Å². The van der Waals surface area contributed by atoms with E-state index in [0.29, 0.717) is 19.1 Å². The van der Waals surface area contributed by atoms with E-state index in [1.807, 2.05) is 37.3 Å². The van der Waals surface area contributed by atoms with Crippen molar-refractivity contribution in [2.45, 2.75) is 27.2 Å². The van der Waals surface area contributed by atoms with Crippen LogP contribution in [0.4, 0.5) is 17.5 Å². The molecular weight excluding hydrogens is 364 g/mol. The van der Waals surface area contributed by atoms with E-state index in [1.54, 1.807) is 7.11 Å². The van der Waals surface area contributed by atoms with Crippen molar-refractivity contribution in [1.82, 2.24) is 9.97 Å². The van der Waals surface area contributed by atoms with Gasteiger partial charge in [0, 0.05) is 17.4 Å². The van der Waals surface area contributed by atoms with Crippen LogP contribution in [-0.2, 0) is 6.42 Å². The molecular formula is C23H28N4O2. The fraction of sp³-hybridized carbons (Fsp3) is 0.304. The molecule has 0 bridgehead atoms. The molecule has 6 heteroatoms. The number of hydrogen-bond acceptors (Lipinski definition) is 6. The number of hydrogen-bond donors (Lipinski definition) is 2. The van der Waals surface area contributed by atoms with Gasteiger partial charge in [0.05, 0.1) is 13.7 Å². The summed E-state index contributed by atoms with van der Waals surface area (Å²) >= 11 is 0. The zero-order valence-electron chi connectivity index (χ0n) is 17.5. The Morgan fingerprint density at radius 3 is 2.45 bits per heavy atom. The van der Waals surface area contributed by atoms with E-state index in [-0.39, 0.29) is 0 Å². The quantitative estimate of drug-likeness (QED) is 0.505. The molecule has 0 saturated carbocycles. The number of para-hydroxylation sites is 1. The van der Waals surface area contributed by atoms with Crippen molar-refractivity contribution < 1.29 is 9.47 Å². The largest absolute Gasteiger partial charge is 0.497 e. The average molecular weight is 393 g/mol. The van der Waals surface area contributed by atoms with Crippen LogP contribution in [0.2, 0.25) is 0 Å². The van der Waals surface area contributed by atoms with Crippen LogP contribution in [0, 0.1) is 13.8 Å². The Morgan fingerprint density at radius 2 is 1.72 bits per heavy atom. The maximum atomic E-state index is 5.75. The smallest absolute Gasteiger partial charge is 0.229 e. The number of ether oxygens (including phenoxy) is 2. The summed E-state index contributed by atoms with van der Waals surface area (Å²) in [6, 6.07) is 15.8. The van der Waals surface area contributed by atoms with Crippen LogP contribution in [0.15, 0.2) is 48.5 Å². The van der Waals surface area contributed by atoms with Crippen molar-refractivity contribution in [3.05, 3.63) is 65.4 Å². The van der Waals surface area contributed by atoms with E-state index >= 15 is 0 Å². The molecule has 0 fully saturated rings. The molecule has 0 atom stereocenters. The fourth-order valence-electron chi connectivity index (χ4n) is 3.05. The number of rotatable bonds is 9. The molecule has 1 aromatic heterocycles. The summed E-state index contributed by atoms with van der Waals surface area (Å²) in [6.45, 7) is 7.35. The highest BCUT2D eigenvalue weighted by Gasteiger charge is 2.08. The minimum atomic E-state index is 0.524. The summed E-state index contributed by atoms with van der Waals surface area (Å²) < 4.78 is 10.9. The van der Waals surface area contributed by atoms with Crippen molar-refractivity contribution in [2.75, 3.05) is 30.9 Å². The third-order valence-corrected chi connectivity index (χ3v) is 4.57. The van der Waals surface area contributed by atoms with Gasteiger partial charge in [0.1, 0.15) is 23.9 Å². The van der Waals surface area contributed by atoms with Crippen LogP contribution in [0.5, 0.6) is 11.5 Å². The van der Waals surface area contributed by atoms with Crippen LogP contribution in [0.25, 0.3) is 0 Å². The molecule has 0 aliphatic rings. The minimum Gasteiger partial charge on any atom is -0.497 e. The molecule has 0 aliphatic heterocycles. The van der Waals surface area contributed by atoms with Crippen LogP contribution in [0.1, 0.15) is 23.7 Å². The molecule has 0 radical (unpaired) electrons. The number of nitrogens with zero attached hydrogens (tertiary/aromatic N) is 2. The summed E-state index contributed by atoms with van der Waals surface area (Å²) in [5, 5.41) is 6.70. The van der Waals surface area contributed by atoms with Crippen LogP contribution >= 0.6 is 0 Å². The zero-order valence-corrected chi connectivity index (χ0v) is 17.5. The first-order chi connectivity index (χ1) is 14.1. The number of methoxy groups -OCH3 is 1. The Kier molecular flexibility index (Phi) is 6.89. The minimum absolute atomic E-state index is 0.524. The van der Waals surface area contributed by atoms with Gasteiger partial charge < -0.3 is 20.1 Å². The maximum absolute atomic E-state index is 5.75. The predicted molar refractivity (Wildman–Crippen MR) is 118 cm³/mol. The normalized spacial score (nSPS) is 10.5. The van der Waals surface area contributed by atoms with Gasteiger partial charge in [0.2, 0.25) is 5.95 Å². The van der Waals surface area contributed by atoms with Gasteiger partial charge >= 0.3 is 0 Å². The Balaban J connectivity index is 1.60.